The van der Waals surface area contributed by atoms with Crippen molar-refractivity contribution in [1.29, 1.82) is 0 Å². The van der Waals surface area contributed by atoms with Crippen LogP contribution in [0.15, 0.2) is 47.4 Å². The molecule has 3 rings (SSSR count). The molecule has 0 atom stereocenters. The molecule has 2 N–H and O–H groups in total. The Bertz CT molecular complexity index is 1060. The summed E-state index contributed by atoms with van der Waals surface area (Å²) >= 11 is 0. The Labute approximate surface area is 181 Å². The van der Waals surface area contributed by atoms with Crippen LogP contribution < -0.4 is 10.6 Å². The molecule has 1 fully saturated rings. The zero-order chi connectivity index (χ0) is 22.4. The lowest BCUT2D eigenvalue weighted by atomic mass is 10.2. The van der Waals surface area contributed by atoms with Gasteiger partial charge in [-0.15, -0.1) is 0 Å². The van der Waals surface area contributed by atoms with Crippen LogP contribution in [0.1, 0.15) is 31.2 Å². The number of anilines is 2. The van der Waals surface area contributed by atoms with Crippen LogP contribution in [0.25, 0.3) is 0 Å². The van der Waals surface area contributed by atoms with Crippen LogP contribution >= 0.6 is 0 Å². The first kappa shape index (κ1) is 22.7. The van der Waals surface area contributed by atoms with Gasteiger partial charge >= 0.3 is 0 Å². The minimum Gasteiger partial charge on any atom is -0.376 e. The fraction of sp³-hybridized carbons (Fsp3) is 0.381. The van der Waals surface area contributed by atoms with E-state index >= 15 is 0 Å². The van der Waals surface area contributed by atoms with E-state index in [9.17, 15) is 23.3 Å². The molecule has 1 aliphatic heterocycles. The van der Waals surface area contributed by atoms with Gasteiger partial charge in [0.2, 0.25) is 15.9 Å². The van der Waals surface area contributed by atoms with Crippen molar-refractivity contribution in [3.8, 4) is 0 Å². The second kappa shape index (κ2) is 9.88. The van der Waals surface area contributed by atoms with Crippen molar-refractivity contribution in [2.75, 3.05) is 30.3 Å². The lowest BCUT2D eigenvalue weighted by molar-refractivity contribution is -0.384. The molecule has 0 spiro atoms. The number of amides is 1. The molecule has 0 bridgehead atoms. The van der Waals surface area contributed by atoms with Crippen molar-refractivity contribution in [2.24, 2.45) is 0 Å². The predicted molar refractivity (Wildman–Crippen MR) is 119 cm³/mol. The molecule has 1 heterocycles. The normalized spacial score (nSPS) is 15.1. The number of hydrogen-bond donors (Lipinski definition) is 2. The number of sulfonamides is 1. The number of aryl methyl sites for hydroxylation is 1. The van der Waals surface area contributed by atoms with Crippen molar-refractivity contribution in [3.05, 3.63) is 58.1 Å². The number of carbonyl (C=O) groups excluding carboxylic acids is 1. The largest absolute Gasteiger partial charge is 0.376 e. The molecule has 0 radical (unpaired) electrons. The maximum Gasteiger partial charge on any atom is 0.293 e. The van der Waals surface area contributed by atoms with E-state index in [0.717, 1.165) is 25.7 Å². The minimum absolute atomic E-state index is 0.111. The lowest BCUT2D eigenvalue weighted by Crippen LogP contribution is -2.32. The van der Waals surface area contributed by atoms with Gasteiger partial charge in [-0.3, -0.25) is 14.9 Å². The van der Waals surface area contributed by atoms with Crippen molar-refractivity contribution in [1.82, 2.24) is 4.31 Å². The molecule has 0 unspecified atom stereocenters. The SMILES string of the molecule is Cc1ccc(NC(=O)CNc2cccc(S(=O)(=O)N3CCCCCC3)c2)c([N+](=O)[O-])c1. The monoisotopic (exact) mass is 446 g/mol. The fourth-order valence-corrected chi connectivity index (χ4v) is 5.04. The standard InChI is InChI=1S/C21H26N4O5S/c1-16-9-10-19(20(13-16)25(27)28)23-21(26)15-22-17-7-6-8-18(14-17)31(29,30)24-11-4-2-3-5-12-24/h6-10,13-14,22H,2-5,11-12,15H2,1H3,(H,23,26). The van der Waals surface area contributed by atoms with Crippen LogP contribution in [0.4, 0.5) is 17.1 Å². The van der Waals surface area contributed by atoms with Crippen LogP contribution in [0.3, 0.4) is 0 Å². The Kier molecular flexibility index (Phi) is 7.24. The molecule has 31 heavy (non-hydrogen) atoms. The van der Waals surface area contributed by atoms with E-state index in [2.05, 4.69) is 10.6 Å². The number of carbonyl (C=O) groups is 1. The molecule has 0 aromatic heterocycles. The summed E-state index contributed by atoms with van der Waals surface area (Å²) in [7, 11) is -3.60. The van der Waals surface area contributed by atoms with Crippen LogP contribution in [0.5, 0.6) is 0 Å². The molecular weight excluding hydrogens is 420 g/mol. The molecule has 0 saturated carbocycles. The van der Waals surface area contributed by atoms with E-state index in [1.807, 2.05) is 0 Å². The van der Waals surface area contributed by atoms with E-state index < -0.39 is 20.9 Å². The summed E-state index contributed by atoms with van der Waals surface area (Å²) in [4.78, 5) is 23.1. The summed E-state index contributed by atoms with van der Waals surface area (Å²) in [5, 5.41) is 16.6. The molecule has 0 aliphatic carbocycles. The van der Waals surface area contributed by atoms with Gasteiger partial charge in [0, 0.05) is 24.8 Å². The molecular formula is C21H26N4O5S. The first-order valence-corrected chi connectivity index (χ1v) is 11.6. The highest BCUT2D eigenvalue weighted by Crippen LogP contribution is 2.25. The first-order valence-electron chi connectivity index (χ1n) is 10.2. The summed E-state index contributed by atoms with van der Waals surface area (Å²) in [6, 6.07) is 10.9. The van der Waals surface area contributed by atoms with Crippen LogP contribution in [0.2, 0.25) is 0 Å². The molecule has 2 aromatic rings. The fourth-order valence-electron chi connectivity index (χ4n) is 3.47. The third-order valence-corrected chi connectivity index (χ3v) is 7.01. The Hall–Kier alpha value is -2.98. The summed E-state index contributed by atoms with van der Waals surface area (Å²) in [6.45, 7) is 2.58. The van der Waals surface area contributed by atoms with Crippen molar-refractivity contribution < 1.29 is 18.1 Å². The van der Waals surface area contributed by atoms with Crippen molar-refractivity contribution in [3.63, 3.8) is 0 Å². The third kappa shape index (κ3) is 5.80. The van der Waals surface area contributed by atoms with Crippen LogP contribution in [-0.2, 0) is 14.8 Å². The zero-order valence-corrected chi connectivity index (χ0v) is 18.2. The highest BCUT2D eigenvalue weighted by atomic mass is 32.2. The average molecular weight is 447 g/mol. The molecule has 166 valence electrons. The quantitative estimate of drug-likeness (QED) is 0.496. The van der Waals surface area contributed by atoms with Gasteiger partial charge in [0.15, 0.2) is 0 Å². The van der Waals surface area contributed by atoms with Crippen LogP contribution in [-0.4, -0.2) is 43.2 Å². The smallest absolute Gasteiger partial charge is 0.293 e. The van der Waals surface area contributed by atoms with Gasteiger partial charge in [-0.05, 0) is 49.6 Å². The number of benzene rings is 2. The second-order valence-electron chi connectivity index (χ2n) is 7.53. The van der Waals surface area contributed by atoms with E-state index in [1.54, 1.807) is 31.2 Å². The highest BCUT2D eigenvalue weighted by molar-refractivity contribution is 7.89. The van der Waals surface area contributed by atoms with Gasteiger partial charge in [-0.25, -0.2) is 8.42 Å². The summed E-state index contributed by atoms with van der Waals surface area (Å²) in [5.41, 5.74) is 1.12. The summed E-state index contributed by atoms with van der Waals surface area (Å²) < 4.78 is 27.4. The molecule has 1 aliphatic rings. The predicted octanol–water partition coefficient (Wildman–Crippen LogP) is 3.52. The van der Waals surface area contributed by atoms with Gasteiger partial charge in [0.1, 0.15) is 5.69 Å². The molecule has 1 saturated heterocycles. The first-order chi connectivity index (χ1) is 14.8. The number of nitrogens with zero attached hydrogens (tertiary/aromatic N) is 2. The number of rotatable bonds is 7. The lowest BCUT2D eigenvalue weighted by Gasteiger charge is -2.20. The maximum atomic E-state index is 13.0. The number of nitro groups is 1. The maximum absolute atomic E-state index is 13.0. The Morgan fingerprint density at radius 2 is 1.81 bits per heavy atom. The number of hydrogen-bond acceptors (Lipinski definition) is 6. The number of nitrogens with one attached hydrogen (secondary N) is 2. The number of nitro benzene ring substituents is 1. The minimum atomic E-state index is -3.60. The van der Waals surface area contributed by atoms with E-state index in [-0.39, 0.29) is 22.8 Å². The van der Waals surface area contributed by atoms with Crippen molar-refractivity contribution >= 4 is 33.0 Å². The zero-order valence-electron chi connectivity index (χ0n) is 17.3. The van der Waals surface area contributed by atoms with Crippen molar-refractivity contribution in [2.45, 2.75) is 37.5 Å². The van der Waals surface area contributed by atoms with Gasteiger partial charge in [0.05, 0.1) is 16.4 Å². The van der Waals surface area contributed by atoms with Gasteiger partial charge in [0.25, 0.3) is 5.69 Å². The molecule has 9 nitrogen and oxygen atoms in total. The van der Waals surface area contributed by atoms with E-state index in [4.69, 9.17) is 0 Å². The third-order valence-electron chi connectivity index (χ3n) is 5.11. The highest BCUT2D eigenvalue weighted by Gasteiger charge is 2.25. The van der Waals surface area contributed by atoms with Crippen LogP contribution in [0, 0.1) is 17.0 Å². The van der Waals surface area contributed by atoms with E-state index in [0.29, 0.717) is 24.3 Å². The Morgan fingerprint density at radius 1 is 1.10 bits per heavy atom. The summed E-state index contributed by atoms with van der Waals surface area (Å²) in [5.74, 6) is -0.479. The van der Waals surface area contributed by atoms with Gasteiger partial charge in [-0.1, -0.05) is 25.0 Å². The van der Waals surface area contributed by atoms with E-state index in [1.165, 1.54) is 22.5 Å². The Balaban J connectivity index is 1.66. The van der Waals surface area contributed by atoms with Gasteiger partial charge < -0.3 is 10.6 Å². The Morgan fingerprint density at radius 3 is 2.48 bits per heavy atom. The summed E-state index contributed by atoms with van der Waals surface area (Å²) in [6.07, 6.45) is 3.76. The molecule has 2 aromatic carbocycles. The topological polar surface area (TPSA) is 122 Å². The average Bonchev–Trinajstić information content (AvgIpc) is 3.04. The molecule has 10 heteroatoms. The van der Waals surface area contributed by atoms with Gasteiger partial charge in [-0.2, -0.15) is 4.31 Å². The second-order valence-corrected chi connectivity index (χ2v) is 9.46. The molecule has 1 amide bonds.